The third-order valence-corrected chi connectivity index (χ3v) is 6.48. The van der Waals surface area contributed by atoms with Gasteiger partial charge >= 0.3 is 0 Å². The molecule has 0 radical (unpaired) electrons. The van der Waals surface area contributed by atoms with Gasteiger partial charge in [0.1, 0.15) is 0 Å². The van der Waals surface area contributed by atoms with Gasteiger partial charge in [0, 0.05) is 17.8 Å². The van der Waals surface area contributed by atoms with E-state index in [0.717, 1.165) is 0 Å². The summed E-state index contributed by atoms with van der Waals surface area (Å²) in [6.07, 6.45) is 1.45. The molecule has 0 fully saturated rings. The van der Waals surface area contributed by atoms with E-state index in [4.69, 9.17) is 4.42 Å². The minimum absolute atomic E-state index is 0.141. The molecule has 0 bridgehead atoms. The summed E-state index contributed by atoms with van der Waals surface area (Å²) in [4.78, 5) is 12.3. The normalized spacial score (nSPS) is 12.5. The zero-order valence-corrected chi connectivity index (χ0v) is 18.6. The molecule has 3 N–H and O–H groups in total. The van der Waals surface area contributed by atoms with Crippen molar-refractivity contribution in [1.29, 1.82) is 0 Å². The smallest absolute Gasteiger partial charge is 0.291 e. The lowest BCUT2D eigenvalue weighted by atomic mass is 10.1. The number of amides is 1. The molecule has 9 nitrogen and oxygen atoms in total. The largest absolute Gasteiger partial charge is 0.438 e. The van der Waals surface area contributed by atoms with Crippen molar-refractivity contribution in [3.8, 4) is 0 Å². The third-order valence-electron chi connectivity index (χ3n) is 3.53. The second-order valence-electron chi connectivity index (χ2n) is 7.52. The Morgan fingerprint density at radius 3 is 2.27 bits per heavy atom. The number of rotatable bonds is 9. The van der Waals surface area contributed by atoms with Crippen molar-refractivity contribution in [2.75, 3.05) is 11.9 Å². The van der Waals surface area contributed by atoms with Crippen molar-refractivity contribution in [1.82, 2.24) is 9.44 Å². The summed E-state index contributed by atoms with van der Waals surface area (Å²) < 4.78 is 58.3. The minimum atomic E-state index is -3.90. The van der Waals surface area contributed by atoms with Crippen molar-refractivity contribution in [3.05, 3.63) is 60.4 Å². The van der Waals surface area contributed by atoms with Gasteiger partial charge in [0.15, 0.2) is 5.76 Å². The van der Waals surface area contributed by atoms with Crippen LogP contribution >= 0.6 is 0 Å². The SMILES string of the molecule is C=CCNS(=O)(=O)Cc1ccc(NC(=O)c2ccc(S(=O)(=O)NC(C)(C)C)o2)cc1. The maximum atomic E-state index is 12.3. The van der Waals surface area contributed by atoms with Crippen molar-refractivity contribution >= 4 is 31.6 Å². The monoisotopic (exact) mass is 455 g/mol. The Hall–Kier alpha value is -2.47. The molecular formula is C19H25N3O6S2. The number of carbonyl (C=O) groups excluding carboxylic acids is 1. The molecule has 0 saturated heterocycles. The summed E-state index contributed by atoms with van der Waals surface area (Å²) in [6.45, 7) is 8.65. The van der Waals surface area contributed by atoms with Crippen LogP contribution in [0.15, 0.2) is 58.6 Å². The molecule has 11 heteroatoms. The van der Waals surface area contributed by atoms with E-state index in [0.29, 0.717) is 11.3 Å². The fourth-order valence-electron chi connectivity index (χ4n) is 2.37. The summed E-state index contributed by atoms with van der Waals surface area (Å²) in [5.74, 6) is -1.03. The van der Waals surface area contributed by atoms with E-state index >= 15 is 0 Å². The Kier molecular flexibility index (Phi) is 7.24. The molecule has 0 spiro atoms. The van der Waals surface area contributed by atoms with E-state index in [-0.39, 0.29) is 23.2 Å². The van der Waals surface area contributed by atoms with E-state index in [1.54, 1.807) is 32.9 Å². The Labute approximate surface area is 176 Å². The van der Waals surface area contributed by atoms with Crippen LogP contribution in [0.2, 0.25) is 0 Å². The van der Waals surface area contributed by atoms with E-state index in [2.05, 4.69) is 21.3 Å². The summed E-state index contributed by atoms with van der Waals surface area (Å²) in [7, 11) is -7.39. The van der Waals surface area contributed by atoms with Gasteiger partial charge < -0.3 is 9.73 Å². The van der Waals surface area contributed by atoms with Crippen molar-refractivity contribution < 1.29 is 26.0 Å². The second kappa shape index (κ2) is 9.13. The average molecular weight is 456 g/mol. The molecule has 0 saturated carbocycles. The van der Waals surface area contributed by atoms with Crippen LogP contribution in [0.5, 0.6) is 0 Å². The van der Waals surface area contributed by atoms with Gasteiger partial charge in [-0.05, 0) is 50.6 Å². The fraction of sp³-hybridized carbons (Fsp3) is 0.316. The zero-order valence-electron chi connectivity index (χ0n) is 16.9. The van der Waals surface area contributed by atoms with Crippen LogP contribution < -0.4 is 14.8 Å². The first-order valence-corrected chi connectivity index (χ1v) is 12.1. The molecule has 0 atom stereocenters. The highest BCUT2D eigenvalue weighted by atomic mass is 32.2. The standard InChI is InChI=1S/C19H25N3O6S2/c1-5-12-20-29(24,25)13-14-6-8-15(9-7-14)21-18(23)16-10-11-17(28-16)30(26,27)22-19(2,3)4/h5-11,20,22H,1,12-13H2,2-4H3,(H,21,23). The first-order valence-electron chi connectivity index (χ1n) is 8.94. The number of benzene rings is 1. The number of hydrogen-bond acceptors (Lipinski definition) is 6. The molecule has 2 rings (SSSR count). The molecule has 0 unspecified atom stereocenters. The number of hydrogen-bond donors (Lipinski definition) is 3. The molecule has 1 aromatic heterocycles. The van der Waals surface area contributed by atoms with Crippen LogP contribution in [0, 0.1) is 0 Å². The van der Waals surface area contributed by atoms with Crippen molar-refractivity contribution in [3.63, 3.8) is 0 Å². The van der Waals surface area contributed by atoms with Crippen LogP contribution in [0.1, 0.15) is 36.9 Å². The molecule has 2 aromatic rings. The number of anilines is 1. The van der Waals surface area contributed by atoms with Crippen molar-refractivity contribution in [2.45, 2.75) is 37.2 Å². The third kappa shape index (κ3) is 7.10. The first kappa shape index (κ1) is 23.8. The van der Waals surface area contributed by atoms with E-state index < -0.39 is 31.5 Å². The number of carbonyl (C=O) groups is 1. The minimum Gasteiger partial charge on any atom is -0.438 e. The van der Waals surface area contributed by atoms with Gasteiger partial charge in [0.2, 0.25) is 15.1 Å². The zero-order chi connectivity index (χ0) is 22.6. The Balaban J connectivity index is 2.05. The lowest BCUT2D eigenvalue weighted by molar-refractivity contribution is 0.0991. The molecule has 0 aliphatic rings. The number of furan rings is 1. The molecule has 0 aliphatic heterocycles. The van der Waals surface area contributed by atoms with Gasteiger partial charge in [-0.3, -0.25) is 4.79 Å². The van der Waals surface area contributed by atoms with Crippen LogP contribution in [0.25, 0.3) is 0 Å². The summed E-state index contributed by atoms with van der Waals surface area (Å²) in [5, 5.41) is 2.20. The van der Waals surface area contributed by atoms with Crippen LogP contribution in [-0.4, -0.2) is 34.8 Å². The van der Waals surface area contributed by atoms with Crippen LogP contribution in [0.4, 0.5) is 5.69 Å². The van der Waals surface area contributed by atoms with Gasteiger partial charge in [-0.15, -0.1) is 6.58 Å². The predicted molar refractivity (Wildman–Crippen MR) is 114 cm³/mol. The summed E-state index contributed by atoms with van der Waals surface area (Å²) in [6, 6.07) is 8.67. The molecule has 30 heavy (non-hydrogen) atoms. The molecule has 1 amide bonds. The van der Waals surface area contributed by atoms with E-state index in [9.17, 15) is 21.6 Å². The Bertz CT molecular complexity index is 1110. The average Bonchev–Trinajstić information content (AvgIpc) is 3.11. The maximum absolute atomic E-state index is 12.3. The number of sulfonamides is 2. The van der Waals surface area contributed by atoms with Gasteiger partial charge in [-0.1, -0.05) is 18.2 Å². The van der Waals surface area contributed by atoms with Gasteiger partial charge in [0.25, 0.3) is 15.9 Å². The fourth-order valence-corrected chi connectivity index (χ4v) is 4.83. The Morgan fingerprint density at radius 1 is 1.07 bits per heavy atom. The Morgan fingerprint density at radius 2 is 1.70 bits per heavy atom. The lowest BCUT2D eigenvalue weighted by Gasteiger charge is -2.18. The van der Waals surface area contributed by atoms with Gasteiger partial charge in [-0.25, -0.2) is 26.3 Å². The molecule has 1 heterocycles. The lowest BCUT2D eigenvalue weighted by Crippen LogP contribution is -2.40. The molecular weight excluding hydrogens is 430 g/mol. The first-order chi connectivity index (χ1) is 13.8. The highest BCUT2D eigenvalue weighted by Gasteiger charge is 2.26. The van der Waals surface area contributed by atoms with E-state index in [1.165, 1.54) is 30.3 Å². The van der Waals surface area contributed by atoms with Gasteiger partial charge in [0.05, 0.1) is 5.75 Å². The van der Waals surface area contributed by atoms with Crippen LogP contribution in [-0.2, 0) is 25.8 Å². The molecule has 0 aliphatic carbocycles. The van der Waals surface area contributed by atoms with E-state index in [1.807, 2.05) is 0 Å². The molecule has 1 aromatic carbocycles. The number of nitrogens with one attached hydrogen (secondary N) is 3. The molecule has 164 valence electrons. The summed E-state index contributed by atoms with van der Waals surface area (Å²) >= 11 is 0. The quantitative estimate of drug-likeness (QED) is 0.496. The highest BCUT2D eigenvalue weighted by Crippen LogP contribution is 2.18. The topological polar surface area (TPSA) is 135 Å². The van der Waals surface area contributed by atoms with Gasteiger partial charge in [-0.2, -0.15) is 0 Å². The summed E-state index contributed by atoms with van der Waals surface area (Å²) in [5.41, 5.74) is 0.225. The van der Waals surface area contributed by atoms with Crippen molar-refractivity contribution in [2.24, 2.45) is 0 Å². The predicted octanol–water partition coefficient (Wildman–Crippen LogP) is 2.21. The second-order valence-corrected chi connectivity index (χ2v) is 10.9. The highest BCUT2D eigenvalue weighted by molar-refractivity contribution is 7.89. The maximum Gasteiger partial charge on any atom is 0.291 e. The van der Waals surface area contributed by atoms with Crippen LogP contribution in [0.3, 0.4) is 0 Å².